The minimum atomic E-state index is -0.403. The van der Waals surface area contributed by atoms with Crippen LogP contribution in [0.3, 0.4) is 0 Å². The highest BCUT2D eigenvalue weighted by Crippen LogP contribution is 2.31. The molecular weight excluding hydrogens is 460 g/mol. The zero-order valence-electron chi connectivity index (χ0n) is 20.9. The first-order chi connectivity index (χ1) is 17.5. The van der Waals surface area contributed by atoms with Gasteiger partial charge in [-0.25, -0.2) is 0 Å². The van der Waals surface area contributed by atoms with Crippen LogP contribution in [0.25, 0.3) is 0 Å². The normalized spacial score (nSPS) is 15.3. The number of methoxy groups -OCH3 is 1. The number of piperazine rings is 1. The van der Waals surface area contributed by atoms with Crippen molar-refractivity contribution in [1.82, 2.24) is 5.32 Å². The Morgan fingerprint density at radius 2 is 1.64 bits per heavy atom. The van der Waals surface area contributed by atoms with E-state index in [1.807, 2.05) is 24.3 Å². The molecular formula is C27H34N4O5. The van der Waals surface area contributed by atoms with Gasteiger partial charge in [0.05, 0.1) is 31.4 Å². The second-order valence-corrected chi connectivity index (χ2v) is 8.98. The number of hydrogen-bond donors (Lipinski definition) is 2. The van der Waals surface area contributed by atoms with E-state index >= 15 is 0 Å². The quantitative estimate of drug-likeness (QED) is 0.489. The van der Waals surface area contributed by atoms with Crippen molar-refractivity contribution >= 4 is 34.8 Å². The zero-order chi connectivity index (χ0) is 25.5. The molecule has 192 valence electrons. The second kappa shape index (κ2) is 11.8. The number of nitrogens with zero attached hydrogens (tertiary/aromatic N) is 2. The lowest BCUT2D eigenvalue weighted by Gasteiger charge is -2.38. The Kier molecular flexibility index (Phi) is 8.30. The number of benzene rings is 2. The van der Waals surface area contributed by atoms with E-state index in [1.165, 1.54) is 0 Å². The van der Waals surface area contributed by atoms with Gasteiger partial charge in [0.1, 0.15) is 5.75 Å². The first-order valence-electron chi connectivity index (χ1n) is 12.5. The van der Waals surface area contributed by atoms with Gasteiger partial charge in [0.25, 0.3) is 5.91 Å². The maximum absolute atomic E-state index is 13.1. The second-order valence-electron chi connectivity index (χ2n) is 8.98. The molecule has 1 aliphatic heterocycles. The highest BCUT2D eigenvalue weighted by Gasteiger charge is 2.28. The van der Waals surface area contributed by atoms with E-state index in [1.54, 1.807) is 26.2 Å². The maximum Gasteiger partial charge on any atom is 0.306 e. The molecule has 9 nitrogen and oxygen atoms in total. The van der Waals surface area contributed by atoms with Gasteiger partial charge in [-0.3, -0.25) is 14.4 Å². The summed E-state index contributed by atoms with van der Waals surface area (Å²) in [5.74, 6) is 0.00956. The molecule has 2 N–H and O–H groups in total. The van der Waals surface area contributed by atoms with E-state index in [4.69, 9.17) is 9.47 Å². The highest BCUT2D eigenvalue weighted by molar-refractivity contribution is 6.02. The van der Waals surface area contributed by atoms with Crippen LogP contribution in [0, 0.1) is 0 Å². The summed E-state index contributed by atoms with van der Waals surface area (Å²) >= 11 is 0. The minimum absolute atomic E-state index is 0.0171. The van der Waals surface area contributed by atoms with E-state index in [9.17, 15) is 14.4 Å². The number of hydrogen-bond acceptors (Lipinski definition) is 7. The van der Waals surface area contributed by atoms with E-state index in [2.05, 4.69) is 26.5 Å². The SMILES string of the molecule is CCOC(=O)CCC(=O)Nc1ccc(N2CCN(c3ccccc3OC)CC2)c(C(=O)NC2CC2)c1. The van der Waals surface area contributed by atoms with Crippen LogP contribution in [0.15, 0.2) is 42.5 Å². The Bertz CT molecular complexity index is 1090. The minimum Gasteiger partial charge on any atom is -0.495 e. The average molecular weight is 495 g/mol. The summed E-state index contributed by atoms with van der Waals surface area (Å²) in [7, 11) is 1.68. The number of amides is 2. The summed E-state index contributed by atoms with van der Waals surface area (Å²) in [4.78, 5) is 41.5. The van der Waals surface area contributed by atoms with Crippen molar-refractivity contribution in [3.8, 4) is 5.75 Å². The fourth-order valence-electron chi connectivity index (χ4n) is 4.31. The summed E-state index contributed by atoms with van der Waals surface area (Å²) < 4.78 is 10.4. The Morgan fingerprint density at radius 3 is 2.31 bits per heavy atom. The van der Waals surface area contributed by atoms with Gasteiger partial charge in [-0.05, 0) is 50.1 Å². The highest BCUT2D eigenvalue weighted by atomic mass is 16.5. The molecule has 36 heavy (non-hydrogen) atoms. The topological polar surface area (TPSA) is 100 Å². The van der Waals surface area contributed by atoms with Gasteiger partial charge in [-0.2, -0.15) is 0 Å². The smallest absolute Gasteiger partial charge is 0.306 e. The van der Waals surface area contributed by atoms with Crippen LogP contribution in [0.2, 0.25) is 0 Å². The van der Waals surface area contributed by atoms with Gasteiger partial charge in [0.15, 0.2) is 0 Å². The van der Waals surface area contributed by atoms with Gasteiger partial charge in [-0.1, -0.05) is 12.1 Å². The zero-order valence-corrected chi connectivity index (χ0v) is 20.9. The number of anilines is 3. The number of carbonyl (C=O) groups excluding carboxylic acids is 3. The molecule has 2 aromatic carbocycles. The monoisotopic (exact) mass is 494 g/mol. The molecule has 0 radical (unpaired) electrons. The van der Waals surface area contributed by atoms with Crippen molar-refractivity contribution in [1.29, 1.82) is 0 Å². The van der Waals surface area contributed by atoms with E-state index in [-0.39, 0.29) is 37.3 Å². The first kappa shape index (κ1) is 25.3. The molecule has 1 saturated carbocycles. The van der Waals surface area contributed by atoms with Crippen molar-refractivity contribution in [3.05, 3.63) is 48.0 Å². The summed E-state index contributed by atoms with van der Waals surface area (Å²) in [5.41, 5.74) is 2.97. The molecule has 1 heterocycles. The van der Waals surface area contributed by atoms with Crippen LogP contribution in [-0.4, -0.2) is 63.7 Å². The third-order valence-electron chi connectivity index (χ3n) is 6.35. The summed E-state index contributed by atoms with van der Waals surface area (Å²) in [6.07, 6.45) is 2.02. The molecule has 1 aliphatic carbocycles. The van der Waals surface area contributed by atoms with Gasteiger partial charge < -0.3 is 29.9 Å². The van der Waals surface area contributed by atoms with Gasteiger partial charge >= 0.3 is 5.97 Å². The predicted molar refractivity (Wildman–Crippen MR) is 139 cm³/mol. The Balaban J connectivity index is 1.46. The fraction of sp³-hybridized carbons (Fsp3) is 0.444. The molecule has 2 aliphatic rings. The molecule has 4 rings (SSSR count). The average Bonchev–Trinajstić information content (AvgIpc) is 3.72. The Morgan fingerprint density at radius 1 is 0.944 bits per heavy atom. The molecule has 2 aromatic rings. The lowest BCUT2D eigenvalue weighted by atomic mass is 10.1. The number of carbonyl (C=O) groups is 3. The molecule has 2 fully saturated rings. The molecule has 2 amide bonds. The van der Waals surface area contributed by atoms with Crippen molar-refractivity contribution in [3.63, 3.8) is 0 Å². The summed E-state index contributed by atoms with van der Waals surface area (Å²) in [6, 6.07) is 13.6. The van der Waals surface area contributed by atoms with E-state index < -0.39 is 5.97 Å². The molecule has 0 unspecified atom stereocenters. The van der Waals surface area contributed by atoms with Crippen LogP contribution in [0.4, 0.5) is 17.1 Å². The summed E-state index contributed by atoms with van der Waals surface area (Å²) in [6.45, 7) is 5.08. The number of para-hydroxylation sites is 2. The largest absolute Gasteiger partial charge is 0.495 e. The lowest BCUT2D eigenvalue weighted by molar-refractivity contribution is -0.144. The lowest BCUT2D eigenvalue weighted by Crippen LogP contribution is -2.47. The summed E-state index contributed by atoms with van der Waals surface area (Å²) in [5, 5.41) is 5.88. The van der Waals surface area contributed by atoms with Crippen LogP contribution >= 0.6 is 0 Å². The van der Waals surface area contributed by atoms with Crippen LogP contribution in [-0.2, 0) is 14.3 Å². The number of nitrogens with one attached hydrogen (secondary N) is 2. The van der Waals surface area contributed by atoms with Crippen LogP contribution < -0.4 is 25.2 Å². The van der Waals surface area contributed by atoms with Crippen molar-refractivity contribution < 1.29 is 23.9 Å². The van der Waals surface area contributed by atoms with E-state index in [0.29, 0.717) is 11.3 Å². The van der Waals surface area contributed by atoms with E-state index in [0.717, 1.165) is 56.1 Å². The van der Waals surface area contributed by atoms with Gasteiger partial charge in [0, 0.05) is 50.0 Å². The van der Waals surface area contributed by atoms with Gasteiger partial charge in [0.2, 0.25) is 5.91 Å². The maximum atomic E-state index is 13.1. The molecule has 0 atom stereocenters. The van der Waals surface area contributed by atoms with Crippen molar-refractivity contribution in [2.45, 2.75) is 38.6 Å². The Hall–Kier alpha value is -3.75. The third-order valence-corrected chi connectivity index (χ3v) is 6.35. The molecule has 0 spiro atoms. The number of rotatable bonds is 10. The van der Waals surface area contributed by atoms with Crippen LogP contribution in [0.1, 0.15) is 43.0 Å². The molecule has 1 saturated heterocycles. The molecule has 9 heteroatoms. The third kappa shape index (κ3) is 6.47. The van der Waals surface area contributed by atoms with Crippen LogP contribution in [0.5, 0.6) is 5.75 Å². The Labute approximate surface area is 211 Å². The standard InChI is InChI=1S/C27H34N4O5/c1-3-36-26(33)13-12-25(32)28-20-10-11-22(21(18-20)27(34)29-19-8-9-19)30-14-16-31(17-15-30)23-6-4-5-7-24(23)35-2/h4-7,10-11,18-19H,3,8-9,12-17H2,1-2H3,(H,28,32)(H,29,34). The first-order valence-corrected chi connectivity index (χ1v) is 12.5. The molecule has 0 bridgehead atoms. The predicted octanol–water partition coefficient (Wildman–Crippen LogP) is 3.20. The fourth-order valence-corrected chi connectivity index (χ4v) is 4.31. The van der Waals surface area contributed by atoms with Crippen molar-refractivity contribution in [2.75, 3.05) is 55.0 Å². The van der Waals surface area contributed by atoms with Gasteiger partial charge in [-0.15, -0.1) is 0 Å². The van der Waals surface area contributed by atoms with Crippen molar-refractivity contribution in [2.24, 2.45) is 0 Å². The number of ether oxygens (including phenoxy) is 2. The molecule has 0 aromatic heterocycles. The number of esters is 1.